The van der Waals surface area contributed by atoms with Crippen molar-refractivity contribution in [3.05, 3.63) is 98.7 Å². The molecule has 1 unspecified atom stereocenters. The van der Waals surface area contributed by atoms with E-state index in [2.05, 4.69) is 27.4 Å². The minimum absolute atomic E-state index is 0.0686. The van der Waals surface area contributed by atoms with Gasteiger partial charge in [-0.25, -0.2) is 22.2 Å². The van der Waals surface area contributed by atoms with E-state index in [1.54, 1.807) is 19.2 Å². The summed E-state index contributed by atoms with van der Waals surface area (Å²) in [6.45, 7) is -0.287. The van der Waals surface area contributed by atoms with Gasteiger partial charge in [0.15, 0.2) is 21.3 Å². The van der Waals surface area contributed by atoms with Gasteiger partial charge < -0.3 is 10.4 Å². The van der Waals surface area contributed by atoms with Crippen molar-refractivity contribution < 1.29 is 49.1 Å². The second-order valence-corrected chi connectivity index (χ2v) is 18.1. The number of alkyl halides is 5. The third kappa shape index (κ3) is 7.85. The van der Waals surface area contributed by atoms with E-state index in [1.165, 1.54) is 16.8 Å². The maximum atomic E-state index is 15.4. The van der Waals surface area contributed by atoms with Crippen molar-refractivity contribution in [2.75, 3.05) is 19.3 Å². The number of β-amino-alcohol motifs (C(OH)–C–C–N with tert-alkyl or cyclic N) is 1. The molecule has 3 aromatic heterocycles. The van der Waals surface area contributed by atoms with E-state index in [0.29, 0.717) is 45.7 Å². The number of nitrogens with one attached hydrogen (secondary N) is 1. The number of pyridine rings is 1. The summed E-state index contributed by atoms with van der Waals surface area (Å²) in [5.41, 5.74) is -2.93. The zero-order valence-corrected chi connectivity index (χ0v) is 32.8. The van der Waals surface area contributed by atoms with Crippen LogP contribution in [0.4, 0.5) is 30.7 Å². The Morgan fingerprint density at radius 3 is 2.47 bits per heavy atom. The Labute approximate surface area is 337 Å². The first-order valence-corrected chi connectivity index (χ1v) is 20.9. The van der Waals surface area contributed by atoms with Crippen molar-refractivity contribution in [1.29, 1.82) is 0 Å². The second kappa shape index (κ2) is 14.4. The molecule has 4 atom stereocenters. The van der Waals surface area contributed by atoms with Crippen molar-refractivity contribution in [3.8, 4) is 23.0 Å². The van der Waals surface area contributed by atoms with Crippen molar-refractivity contribution in [1.82, 2.24) is 29.9 Å². The summed E-state index contributed by atoms with van der Waals surface area (Å²) in [5, 5.41) is 22.3. The average molecular weight is 863 g/mol. The summed E-state index contributed by atoms with van der Waals surface area (Å²) in [7, 11) is -2.04. The number of aromatic nitrogens is 5. The summed E-state index contributed by atoms with van der Waals surface area (Å²) >= 11 is 6.63. The van der Waals surface area contributed by atoms with Gasteiger partial charge in [-0.1, -0.05) is 23.6 Å². The number of sulfone groups is 1. The number of carbonyl (C=O) groups is 1. The molecule has 2 aliphatic carbocycles. The Kier molecular flexibility index (Phi) is 10.0. The Bertz CT molecular complexity index is 2710. The van der Waals surface area contributed by atoms with Gasteiger partial charge in [0, 0.05) is 72.7 Å². The van der Waals surface area contributed by atoms with Crippen molar-refractivity contribution in [2.24, 2.45) is 13.0 Å². The number of hydrogen-bond donors (Lipinski definition) is 2. The fourth-order valence-electron chi connectivity index (χ4n) is 8.45. The smallest absolute Gasteiger partial charge is 0.376 e. The monoisotopic (exact) mass is 862 g/mol. The van der Waals surface area contributed by atoms with E-state index in [-0.39, 0.29) is 47.1 Å². The molecule has 2 N–H and O–H groups in total. The molecular formula is C40H34ClF7N6O4S. The van der Waals surface area contributed by atoms with Crippen LogP contribution < -0.4 is 5.32 Å². The zero-order chi connectivity index (χ0) is 42.4. The molecular weight excluding hydrogens is 829 g/mol. The molecule has 310 valence electrons. The normalized spacial score (nSPS) is 21.3. The van der Waals surface area contributed by atoms with Gasteiger partial charge in [0.05, 0.1) is 27.7 Å². The summed E-state index contributed by atoms with van der Waals surface area (Å²) in [5.74, 6) is -4.65. The van der Waals surface area contributed by atoms with Crippen molar-refractivity contribution in [2.45, 2.75) is 67.5 Å². The third-order valence-electron chi connectivity index (χ3n) is 11.0. The molecule has 19 heteroatoms. The Hall–Kier alpha value is -4.83. The van der Waals surface area contributed by atoms with Gasteiger partial charge >= 0.3 is 6.18 Å². The molecule has 59 heavy (non-hydrogen) atoms. The molecule has 2 fully saturated rings. The number of aliphatic hydroxyl groups is 1. The predicted octanol–water partition coefficient (Wildman–Crippen LogP) is 6.60. The molecule has 5 aromatic rings. The molecule has 0 amide bonds. The van der Waals surface area contributed by atoms with E-state index in [0.717, 1.165) is 18.4 Å². The topological polar surface area (TPSA) is 132 Å². The third-order valence-corrected chi connectivity index (χ3v) is 12.1. The molecule has 0 spiro atoms. The molecule has 0 bridgehead atoms. The van der Waals surface area contributed by atoms with Gasteiger partial charge in [0.1, 0.15) is 35.2 Å². The van der Waals surface area contributed by atoms with Gasteiger partial charge in [-0.3, -0.25) is 14.2 Å². The molecule has 4 heterocycles. The van der Waals surface area contributed by atoms with Gasteiger partial charge in [-0.05, 0) is 67.1 Å². The van der Waals surface area contributed by atoms with Crippen LogP contribution in [0.5, 0.6) is 0 Å². The molecule has 1 aliphatic heterocycles. The second-order valence-electron chi connectivity index (χ2n) is 15.6. The van der Waals surface area contributed by atoms with Gasteiger partial charge in [0.25, 0.3) is 5.92 Å². The summed E-state index contributed by atoms with van der Waals surface area (Å²) in [6, 6.07) is 8.97. The largest absolute Gasteiger partial charge is 0.435 e. The summed E-state index contributed by atoms with van der Waals surface area (Å²) < 4.78 is 129. The lowest BCUT2D eigenvalue weighted by Crippen LogP contribution is -2.29. The standard InChI is InChI=1S/C40H34ClF7N6O4S/c1-53-35-27(5-6-30(41)33(35)31(51-53)18-59(2,57)58)26-4-3-24(7-8-38(56)9-10-49-19-38)50-34(26)21(11-20-12-22(42)15-23(43)13-20)14-25(55)17-54-37-32(36(52-54)40(46,47)48)28-16-29(28)39(37,44)45/h3-6,12-13,15,21,28-29,49,56H,9-11,14,16-19H2,1-2H3/t21-,28+,29-,38?/m1/s1. The first kappa shape index (κ1) is 40.9. The number of halogens is 8. The first-order chi connectivity index (χ1) is 27.6. The van der Waals surface area contributed by atoms with Gasteiger partial charge in [0.2, 0.25) is 0 Å². The fraction of sp³-hybridized carbons (Fsp3) is 0.400. The highest BCUT2D eigenvalue weighted by molar-refractivity contribution is 7.89. The predicted molar refractivity (Wildman–Crippen MR) is 201 cm³/mol. The number of fused-ring (bicyclic) bond motifs is 4. The number of carbonyl (C=O) groups excluding carboxylic acids is 1. The lowest BCUT2D eigenvalue weighted by atomic mass is 9.86. The number of ketones is 1. The number of hydrogen-bond acceptors (Lipinski definition) is 8. The van der Waals surface area contributed by atoms with E-state index >= 15 is 8.78 Å². The average Bonchev–Trinajstić information content (AvgIpc) is 3.35. The molecule has 0 radical (unpaired) electrons. The van der Waals surface area contributed by atoms with Crippen molar-refractivity contribution >= 4 is 38.1 Å². The van der Waals surface area contributed by atoms with Crippen molar-refractivity contribution in [3.63, 3.8) is 0 Å². The quantitative estimate of drug-likeness (QED) is 0.119. The Morgan fingerprint density at radius 1 is 1.10 bits per heavy atom. The molecule has 1 saturated carbocycles. The molecule has 8 rings (SSSR count). The van der Waals surface area contributed by atoms with E-state index in [1.807, 2.05) is 0 Å². The van der Waals surface area contributed by atoms with Gasteiger partial charge in [-0.15, -0.1) is 0 Å². The van der Waals surface area contributed by atoms with E-state index < -0.39 is 98.4 Å². The highest BCUT2D eigenvalue weighted by atomic mass is 35.5. The molecule has 2 aromatic carbocycles. The zero-order valence-electron chi connectivity index (χ0n) is 31.3. The molecule has 10 nitrogen and oxygen atoms in total. The van der Waals surface area contributed by atoms with Crippen LogP contribution in [0.2, 0.25) is 5.02 Å². The SMILES string of the molecule is Cn1nc(CS(C)(=O)=O)c2c(Cl)ccc(-c3ccc(C#CC4(O)CCNC4)nc3[C@@H](CC(=O)Cn3nc(C(F)(F)F)c4c3C(F)(F)[C@@H]3C[C@H]43)Cc3cc(F)cc(F)c3)c21. The van der Waals surface area contributed by atoms with Crippen LogP contribution in [0, 0.1) is 29.4 Å². The molecule has 3 aliphatic rings. The van der Waals surface area contributed by atoms with Crippen LogP contribution >= 0.6 is 11.6 Å². The van der Waals surface area contributed by atoms with Crippen LogP contribution in [0.1, 0.15) is 70.7 Å². The molecule has 1 saturated heterocycles. The number of aryl methyl sites for hydroxylation is 1. The summed E-state index contributed by atoms with van der Waals surface area (Å²) in [4.78, 5) is 18.9. The maximum absolute atomic E-state index is 15.4. The van der Waals surface area contributed by atoms with Crippen LogP contribution in [0.3, 0.4) is 0 Å². The summed E-state index contributed by atoms with van der Waals surface area (Å²) in [6.07, 6.45) is -4.71. The lowest BCUT2D eigenvalue weighted by Gasteiger charge is -2.22. The maximum Gasteiger partial charge on any atom is 0.435 e. The number of nitrogens with zero attached hydrogens (tertiary/aromatic N) is 5. The highest BCUT2D eigenvalue weighted by Gasteiger charge is 2.68. The van der Waals surface area contributed by atoms with Crippen LogP contribution in [-0.4, -0.2) is 68.8 Å². The fourth-order valence-corrected chi connectivity index (χ4v) is 9.41. The minimum Gasteiger partial charge on any atom is -0.376 e. The Morgan fingerprint density at radius 2 is 1.81 bits per heavy atom. The van der Waals surface area contributed by atoms with Gasteiger partial charge in [-0.2, -0.15) is 32.1 Å². The van der Waals surface area contributed by atoms with E-state index in [9.17, 15) is 40.3 Å². The minimum atomic E-state index is -5.06. The lowest BCUT2D eigenvalue weighted by molar-refractivity contribution is -0.142. The van der Waals surface area contributed by atoms with Crippen LogP contribution in [0.25, 0.3) is 22.0 Å². The van der Waals surface area contributed by atoms with Crippen LogP contribution in [0.15, 0.2) is 42.5 Å². The van der Waals surface area contributed by atoms with E-state index in [4.69, 9.17) is 16.6 Å². The Balaban J connectivity index is 1.28. The first-order valence-electron chi connectivity index (χ1n) is 18.4. The highest BCUT2D eigenvalue weighted by Crippen LogP contribution is 2.68. The number of benzene rings is 2. The van der Waals surface area contributed by atoms with Crippen LogP contribution in [-0.2, 0) is 52.5 Å². The number of rotatable bonds is 10. The number of Topliss-reactive ketones (excluding diaryl/α,β-unsaturated/α-hetero) is 1.